The zero-order chi connectivity index (χ0) is 11.7. The van der Waals surface area contributed by atoms with Crippen molar-refractivity contribution in [1.82, 2.24) is 14.9 Å². The maximum Gasteiger partial charge on any atom is 0.112 e. The molecule has 1 saturated heterocycles. The highest BCUT2D eigenvalue weighted by Gasteiger charge is 2.25. The van der Waals surface area contributed by atoms with E-state index in [0.717, 1.165) is 19.6 Å². The Hall–Kier alpha value is -0.830. The number of hydrogen-bond donors (Lipinski definition) is 1. The minimum Gasteiger partial charge on any atom is -0.332 e. The van der Waals surface area contributed by atoms with Gasteiger partial charge in [-0.05, 0) is 58.5 Å². The first-order valence-corrected chi connectivity index (χ1v) is 7.19. The summed E-state index contributed by atoms with van der Waals surface area (Å²) in [7, 11) is 0. The predicted molar refractivity (Wildman–Crippen MR) is 69.4 cm³/mol. The fourth-order valence-corrected chi connectivity index (χ4v) is 3.37. The molecule has 3 rings (SSSR count). The molecule has 0 aromatic carbocycles. The van der Waals surface area contributed by atoms with Gasteiger partial charge in [0.1, 0.15) is 5.82 Å². The molecule has 0 amide bonds. The maximum absolute atomic E-state index is 4.98. The molecular weight excluding hydrogens is 210 g/mol. The standard InChI is InChI=1S/C14H23N3/c1-2-17-13-6-4-3-5-12(13)16-14(17)11-7-9-15-10-8-11/h11,15H,2-10H2,1H3. The van der Waals surface area contributed by atoms with Gasteiger partial charge in [0, 0.05) is 18.2 Å². The highest BCUT2D eigenvalue weighted by atomic mass is 15.1. The molecule has 3 nitrogen and oxygen atoms in total. The van der Waals surface area contributed by atoms with E-state index in [1.165, 1.54) is 50.0 Å². The molecule has 3 heteroatoms. The smallest absolute Gasteiger partial charge is 0.112 e. The molecule has 0 spiro atoms. The van der Waals surface area contributed by atoms with Gasteiger partial charge in [-0.15, -0.1) is 0 Å². The van der Waals surface area contributed by atoms with Gasteiger partial charge >= 0.3 is 0 Å². The second-order valence-corrected chi connectivity index (χ2v) is 5.34. The van der Waals surface area contributed by atoms with Gasteiger partial charge in [-0.1, -0.05) is 0 Å². The highest BCUT2D eigenvalue weighted by Crippen LogP contribution is 2.30. The van der Waals surface area contributed by atoms with Crippen molar-refractivity contribution in [2.75, 3.05) is 13.1 Å². The molecule has 2 heterocycles. The van der Waals surface area contributed by atoms with Crippen LogP contribution in [-0.4, -0.2) is 22.6 Å². The van der Waals surface area contributed by atoms with Crippen LogP contribution in [0.3, 0.4) is 0 Å². The minimum atomic E-state index is 0.696. The third-order valence-corrected chi connectivity index (χ3v) is 4.28. The molecule has 1 aromatic heterocycles. The fraction of sp³-hybridized carbons (Fsp3) is 0.786. The lowest BCUT2D eigenvalue weighted by atomic mass is 9.97. The first kappa shape index (κ1) is 11.3. The molecule has 0 atom stereocenters. The summed E-state index contributed by atoms with van der Waals surface area (Å²) < 4.78 is 2.52. The second-order valence-electron chi connectivity index (χ2n) is 5.34. The largest absolute Gasteiger partial charge is 0.332 e. The molecule has 0 radical (unpaired) electrons. The Morgan fingerprint density at radius 2 is 2.00 bits per heavy atom. The van der Waals surface area contributed by atoms with Gasteiger partial charge in [-0.25, -0.2) is 4.98 Å². The Morgan fingerprint density at radius 1 is 1.24 bits per heavy atom. The molecule has 17 heavy (non-hydrogen) atoms. The van der Waals surface area contributed by atoms with Crippen molar-refractivity contribution >= 4 is 0 Å². The molecule has 1 aromatic rings. The summed E-state index contributed by atoms with van der Waals surface area (Å²) in [5, 5.41) is 3.45. The molecular formula is C14H23N3. The van der Waals surface area contributed by atoms with Gasteiger partial charge in [0.25, 0.3) is 0 Å². The first-order valence-electron chi connectivity index (χ1n) is 7.19. The fourth-order valence-electron chi connectivity index (χ4n) is 3.37. The lowest BCUT2D eigenvalue weighted by molar-refractivity contribution is 0.430. The molecule has 1 aliphatic carbocycles. The number of aryl methyl sites for hydroxylation is 1. The van der Waals surface area contributed by atoms with Crippen molar-refractivity contribution in [3.8, 4) is 0 Å². The average Bonchev–Trinajstić information content (AvgIpc) is 2.78. The molecule has 0 unspecified atom stereocenters. The lowest BCUT2D eigenvalue weighted by Gasteiger charge is -2.23. The van der Waals surface area contributed by atoms with E-state index in [2.05, 4.69) is 16.8 Å². The van der Waals surface area contributed by atoms with Crippen molar-refractivity contribution in [3.63, 3.8) is 0 Å². The number of nitrogens with one attached hydrogen (secondary N) is 1. The summed E-state index contributed by atoms with van der Waals surface area (Å²) in [6.07, 6.45) is 7.66. The molecule has 0 bridgehead atoms. The van der Waals surface area contributed by atoms with Gasteiger partial charge in [0.15, 0.2) is 0 Å². The Kier molecular flexibility index (Phi) is 3.19. The predicted octanol–water partition coefficient (Wildman–Crippen LogP) is 2.25. The summed E-state index contributed by atoms with van der Waals surface area (Å²) in [4.78, 5) is 4.98. The summed E-state index contributed by atoms with van der Waals surface area (Å²) in [6.45, 7) is 5.68. The van der Waals surface area contributed by atoms with Crippen LogP contribution in [0.5, 0.6) is 0 Å². The molecule has 2 aliphatic rings. The van der Waals surface area contributed by atoms with E-state index < -0.39 is 0 Å². The van der Waals surface area contributed by atoms with Gasteiger partial charge in [-0.3, -0.25) is 0 Å². The zero-order valence-corrected chi connectivity index (χ0v) is 10.8. The van der Waals surface area contributed by atoms with Crippen LogP contribution in [0.4, 0.5) is 0 Å². The van der Waals surface area contributed by atoms with E-state index in [4.69, 9.17) is 4.98 Å². The van der Waals surface area contributed by atoms with Crippen LogP contribution in [0.25, 0.3) is 0 Å². The summed E-state index contributed by atoms with van der Waals surface area (Å²) in [6, 6.07) is 0. The van der Waals surface area contributed by atoms with Crippen LogP contribution >= 0.6 is 0 Å². The topological polar surface area (TPSA) is 29.9 Å². The van der Waals surface area contributed by atoms with Crippen LogP contribution in [0.2, 0.25) is 0 Å². The number of piperidine rings is 1. The number of fused-ring (bicyclic) bond motifs is 1. The zero-order valence-electron chi connectivity index (χ0n) is 10.8. The molecule has 94 valence electrons. The Bertz CT molecular complexity index is 388. The van der Waals surface area contributed by atoms with Gasteiger partial charge in [0.2, 0.25) is 0 Å². The van der Waals surface area contributed by atoms with Crippen LogP contribution in [-0.2, 0) is 19.4 Å². The summed E-state index contributed by atoms with van der Waals surface area (Å²) in [5.74, 6) is 2.09. The van der Waals surface area contributed by atoms with Gasteiger partial charge < -0.3 is 9.88 Å². The SMILES string of the molecule is CCn1c(C2CCNCC2)nc2c1CCCC2. The van der Waals surface area contributed by atoms with Crippen LogP contribution < -0.4 is 5.32 Å². The van der Waals surface area contributed by atoms with Crippen molar-refractivity contribution < 1.29 is 0 Å². The van der Waals surface area contributed by atoms with E-state index >= 15 is 0 Å². The van der Waals surface area contributed by atoms with Crippen molar-refractivity contribution in [2.45, 2.75) is 57.9 Å². The van der Waals surface area contributed by atoms with Crippen molar-refractivity contribution in [3.05, 3.63) is 17.2 Å². The first-order chi connectivity index (χ1) is 8.40. The third-order valence-electron chi connectivity index (χ3n) is 4.28. The summed E-state index contributed by atoms with van der Waals surface area (Å²) in [5.41, 5.74) is 2.96. The van der Waals surface area contributed by atoms with Crippen LogP contribution in [0.1, 0.15) is 55.7 Å². The second kappa shape index (κ2) is 4.81. The quantitative estimate of drug-likeness (QED) is 0.849. The Morgan fingerprint density at radius 3 is 2.76 bits per heavy atom. The normalized spacial score (nSPS) is 21.5. The minimum absolute atomic E-state index is 0.696. The summed E-state index contributed by atoms with van der Waals surface area (Å²) >= 11 is 0. The van der Waals surface area contributed by atoms with Gasteiger partial charge in [-0.2, -0.15) is 0 Å². The van der Waals surface area contributed by atoms with Crippen LogP contribution in [0.15, 0.2) is 0 Å². The number of nitrogens with zero attached hydrogens (tertiary/aromatic N) is 2. The molecule has 1 fully saturated rings. The van der Waals surface area contributed by atoms with Gasteiger partial charge in [0.05, 0.1) is 5.69 Å². The van der Waals surface area contributed by atoms with E-state index in [-0.39, 0.29) is 0 Å². The molecule has 0 saturated carbocycles. The number of aromatic nitrogens is 2. The van der Waals surface area contributed by atoms with Crippen LogP contribution in [0, 0.1) is 0 Å². The van der Waals surface area contributed by atoms with Crippen molar-refractivity contribution in [1.29, 1.82) is 0 Å². The highest BCUT2D eigenvalue weighted by molar-refractivity contribution is 5.22. The van der Waals surface area contributed by atoms with E-state index in [0.29, 0.717) is 5.92 Å². The molecule has 1 aliphatic heterocycles. The Balaban J connectivity index is 1.94. The monoisotopic (exact) mass is 233 g/mol. The maximum atomic E-state index is 4.98. The third kappa shape index (κ3) is 2.01. The Labute approximate surface area is 104 Å². The van der Waals surface area contributed by atoms with E-state index in [9.17, 15) is 0 Å². The molecule has 1 N–H and O–H groups in total. The number of rotatable bonds is 2. The van der Waals surface area contributed by atoms with Crippen molar-refractivity contribution in [2.24, 2.45) is 0 Å². The van der Waals surface area contributed by atoms with E-state index in [1.807, 2.05) is 0 Å². The van der Waals surface area contributed by atoms with E-state index in [1.54, 1.807) is 5.69 Å². The average molecular weight is 233 g/mol. The lowest BCUT2D eigenvalue weighted by Crippen LogP contribution is -2.28. The number of hydrogen-bond acceptors (Lipinski definition) is 2. The number of imidazole rings is 1.